The number of aliphatic hydroxyl groups is 1. The van der Waals surface area contributed by atoms with Gasteiger partial charge < -0.3 is 24.0 Å². The second-order valence-electron chi connectivity index (χ2n) is 8.27. The number of carbonyl (C=O) groups excluding carboxylic acids is 1. The first-order valence-electron chi connectivity index (χ1n) is 11.2. The number of aromatic nitrogens is 2. The minimum absolute atomic E-state index is 0.153. The van der Waals surface area contributed by atoms with Gasteiger partial charge >= 0.3 is 0 Å². The average Bonchev–Trinajstić information content (AvgIpc) is 3.29. The third-order valence-corrected chi connectivity index (χ3v) is 5.89. The molecule has 3 aromatic rings. The van der Waals surface area contributed by atoms with Crippen molar-refractivity contribution in [2.24, 2.45) is 0 Å². The number of amides is 1. The van der Waals surface area contributed by atoms with Gasteiger partial charge in [-0.25, -0.2) is 9.37 Å². The van der Waals surface area contributed by atoms with Gasteiger partial charge in [-0.2, -0.15) is 0 Å². The fourth-order valence-corrected chi connectivity index (χ4v) is 4.12. The smallest absolute Gasteiger partial charge is 0.246 e. The van der Waals surface area contributed by atoms with Gasteiger partial charge in [0.25, 0.3) is 0 Å². The van der Waals surface area contributed by atoms with Crippen molar-refractivity contribution >= 4 is 12.0 Å². The summed E-state index contributed by atoms with van der Waals surface area (Å²) < 4.78 is 26.4. The predicted octanol–water partition coefficient (Wildman–Crippen LogP) is 3.77. The third-order valence-electron chi connectivity index (χ3n) is 5.89. The molecule has 2 aromatic carbocycles. The number of carbonyl (C=O) groups is 1. The molecule has 2 heterocycles. The van der Waals surface area contributed by atoms with Gasteiger partial charge in [-0.1, -0.05) is 6.07 Å². The summed E-state index contributed by atoms with van der Waals surface area (Å²) in [6.45, 7) is 2.22. The first-order valence-corrected chi connectivity index (χ1v) is 11.2. The number of benzene rings is 2. The van der Waals surface area contributed by atoms with Gasteiger partial charge in [-0.15, -0.1) is 0 Å². The number of rotatable bonds is 7. The zero-order valence-corrected chi connectivity index (χ0v) is 19.2. The van der Waals surface area contributed by atoms with Gasteiger partial charge in [0.15, 0.2) is 0 Å². The van der Waals surface area contributed by atoms with Crippen molar-refractivity contribution < 1.29 is 23.8 Å². The monoisotopic (exact) mass is 465 g/mol. The highest BCUT2D eigenvalue weighted by atomic mass is 19.1. The first-order chi connectivity index (χ1) is 16.5. The Balaban J connectivity index is 1.40. The topological polar surface area (TPSA) is 76.8 Å². The molecular formula is C26H28FN3O4. The van der Waals surface area contributed by atoms with Crippen LogP contribution >= 0.6 is 0 Å². The molecule has 0 aliphatic carbocycles. The van der Waals surface area contributed by atoms with Gasteiger partial charge in [0.2, 0.25) is 5.91 Å². The Morgan fingerprint density at radius 1 is 1.26 bits per heavy atom. The molecule has 178 valence electrons. The molecule has 1 aromatic heterocycles. The first kappa shape index (κ1) is 23.5. The van der Waals surface area contributed by atoms with Crippen molar-refractivity contribution in [2.45, 2.75) is 31.9 Å². The van der Waals surface area contributed by atoms with E-state index < -0.39 is 0 Å². The van der Waals surface area contributed by atoms with Gasteiger partial charge in [-0.3, -0.25) is 4.79 Å². The van der Waals surface area contributed by atoms with Crippen molar-refractivity contribution in [1.29, 1.82) is 0 Å². The summed E-state index contributed by atoms with van der Waals surface area (Å²) in [5.74, 6) is 0.745. The molecule has 2 atom stereocenters. The van der Waals surface area contributed by atoms with Crippen LogP contribution in [0.25, 0.3) is 11.8 Å². The lowest BCUT2D eigenvalue weighted by molar-refractivity contribution is -0.132. The van der Waals surface area contributed by atoms with Gasteiger partial charge in [0, 0.05) is 31.7 Å². The number of likely N-dealkylation sites (tertiary alicyclic amines) is 1. The number of hydrogen-bond donors (Lipinski definition) is 1. The minimum atomic E-state index is -0.349. The van der Waals surface area contributed by atoms with Gasteiger partial charge in [0.05, 0.1) is 37.5 Å². The molecule has 0 saturated carbocycles. The highest BCUT2D eigenvalue weighted by Gasteiger charge is 2.31. The summed E-state index contributed by atoms with van der Waals surface area (Å²) >= 11 is 0. The molecule has 1 fully saturated rings. The number of hydrogen-bond acceptors (Lipinski definition) is 5. The van der Waals surface area contributed by atoms with Crippen LogP contribution in [0.5, 0.6) is 11.5 Å². The molecule has 0 spiro atoms. The SMILES string of the molecule is COc1cc(/C=C/C(=O)N2CC[C@H](Oc3ccc(F)cc3)C[C@H]2CO)ccc1-n1cnc(C)c1. The lowest BCUT2D eigenvalue weighted by Crippen LogP contribution is -2.50. The van der Waals surface area contributed by atoms with E-state index in [0.717, 1.165) is 16.9 Å². The van der Waals surface area contributed by atoms with Crippen LogP contribution in [-0.4, -0.2) is 57.9 Å². The molecule has 1 aliphatic rings. The van der Waals surface area contributed by atoms with Gasteiger partial charge in [0.1, 0.15) is 23.4 Å². The van der Waals surface area contributed by atoms with Gasteiger partial charge in [-0.05, 0) is 55.0 Å². The number of imidazole rings is 1. The van der Waals surface area contributed by atoms with Crippen LogP contribution in [0.4, 0.5) is 4.39 Å². The van der Waals surface area contributed by atoms with E-state index in [2.05, 4.69) is 4.98 Å². The molecule has 1 amide bonds. The van der Waals surface area contributed by atoms with Crippen LogP contribution in [0.3, 0.4) is 0 Å². The number of methoxy groups -OCH3 is 1. The molecule has 1 saturated heterocycles. The molecule has 1 aliphatic heterocycles. The molecule has 0 bridgehead atoms. The maximum Gasteiger partial charge on any atom is 0.246 e. The van der Waals surface area contributed by atoms with Crippen LogP contribution in [-0.2, 0) is 4.79 Å². The number of aliphatic hydroxyl groups excluding tert-OH is 1. The summed E-state index contributed by atoms with van der Waals surface area (Å²) in [4.78, 5) is 18.8. The van der Waals surface area contributed by atoms with E-state index in [9.17, 15) is 14.3 Å². The molecule has 7 nitrogen and oxygen atoms in total. The molecule has 1 N–H and O–H groups in total. The highest BCUT2D eigenvalue weighted by molar-refractivity contribution is 5.92. The maximum atomic E-state index is 13.1. The quantitative estimate of drug-likeness (QED) is 0.538. The van der Waals surface area contributed by atoms with Crippen molar-refractivity contribution in [1.82, 2.24) is 14.5 Å². The largest absolute Gasteiger partial charge is 0.495 e. The van der Waals surface area contributed by atoms with Crippen LogP contribution in [0.1, 0.15) is 24.1 Å². The van der Waals surface area contributed by atoms with E-state index in [4.69, 9.17) is 9.47 Å². The number of halogens is 1. The van der Waals surface area contributed by atoms with Crippen LogP contribution in [0.2, 0.25) is 0 Å². The standard InChI is InChI=1S/C26H28FN3O4/c1-18-15-29(17-28-18)24-9-3-19(13-25(24)33-2)4-10-26(32)30-12-11-23(14-21(30)16-31)34-22-7-5-20(27)6-8-22/h3-10,13,15,17,21,23,31H,11-12,14,16H2,1-2H3/b10-4+/t21-,23-/m0/s1. The normalized spacial score (nSPS) is 18.3. The fourth-order valence-electron chi connectivity index (χ4n) is 4.12. The van der Waals surface area contributed by atoms with Crippen molar-refractivity contribution in [3.63, 3.8) is 0 Å². The number of nitrogens with zero attached hydrogens (tertiary/aromatic N) is 3. The second kappa shape index (κ2) is 10.5. The van der Waals surface area contributed by atoms with Crippen molar-refractivity contribution in [2.75, 3.05) is 20.3 Å². The number of piperidine rings is 1. The summed E-state index contributed by atoms with van der Waals surface area (Å²) in [6, 6.07) is 11.2. The predicted molar refractivity (Wildman–Crippen MR) is 127 cm³/mol. The van der Waals surface area contributed by atoms with Crippen molar-refractivity contribution in [3.05, 3.63) is 78.1 Å². The lowest BCUT2D eigenvalue weighted by atomic mass is 9.99. The van der Waals surface area contributed by atoms with E-state index in [1.54, 1.807) is 36.5 Å². The Morgan fingerprint density at radius 3 is 2.74 bits per heavy atom. The maximum absolute atomic E-state index is 13.1. The van der Waals surface area contributed by atoms with Crippen LogP contribution < -0.4 is 9.47 Å². The summed E-state index contributed by atoms with van der Waals surface area (Å²) in [5.41, 5.74) is 2.58. The van der Waals surface area contributed by atoms with E-state index in [0.29, 0.717) is 30.9 Å². The molecule has 4 rings (SSSR count). The second-order valence-corrected chi connectivity index (χ2v) is 8.27. The molecule has 34 heavy (non-hydrogen) atoms. The zero-order chi connectivity index (χ0) is 24.1. The molecule has 0 radical (unpaired) electrons. The summed E-state index contributed by atoms with van der Waals surface area (Å²) in [6.07, 6.45) is 7.86. The Hall–Kier alpha value is -3.65. The highest BCUT2D eigenvalue weighted by Crippen LogP contribution is 2.26. The summed E-state index contributed by atoms with van der Waals surface area (Å²) in [7, 11) is 1.60. The number of ether oxygens (including phenoxy) is 2. The molecular weight excluding hydrogens is 437 g/mol. The van der Waals surface area contributed by atoms with Crippen LogP contribution in [0, 0.1) is 12.7 Å². The summed E-state index contributed by atoms with van der Waals surface area (Å²) in [5, 5.41) is 9.88. The Labute approximate surface area is 198 Å². The van der Waals surface area contributed by atoms with E-state index in [1.165, 1.54) is 18.2 Å². The van der Waals surface area contributed by atoms with E-state index in [-0.39, 0.29) is 30.5 Å². The Bertz CT molecular complexity index is 1160. The third kappa shape index (κ3) is 5.46. The minimum Gasteiger partial charge on any atom is -0.495 e. The Kier molecular flexibility index (Phi) is 7.27. The lowest BCUT2D eigenvalue weighted by Gasteiger charge is -2.38. The molecule has 8 heteroatoms. The average molecular weight is 466 g/mol. The Morgan fingerprint density at radius 2 is 2.06 bits per heavy atom. The number of aryl methyl sites for hydroxylation is 1. The zero-order valence-electron chi connectivity index (χ0n) is 19.2. The van der Waals surface area contributed by atoms with Crippen LogP contribution in [0.15, 0.2) is 61.1 Å². The van der Waals surface area contributed by atoms with E-state index >= 15 is 0 Å². The van der Waals surface area contributed by atoms with E-state index in [1.807, 2.05) is 35.9 Å². The molecule has 0 unspecified atom stereocenters. The van der Waals surface area contributed by atoms with Crippen molar-refractivity contribution in [3.8, 4) is 17.2 Å². The fraction of sp³-hybridized carbons (Fsp3) is 0.308.